The van der Waals surface area contributed by atoms with E-state index in [-0.39, 0.29) is 5.91 Å². The lowest BCUT2D eigenvalue weighted by Crippen LogP contribution is -2.29. The average molecular weight is 421 g/mol. The summed E-state index contributed by atoms with van der Waals surface area (Å²) in [6.07, 6.45) is 9.05. The summed E-state index contributed by atoms with van der Waals surface area (Å²) >= 11 is 3.04. The molecule has 4 aromatic rings. The highest BCUT2D eigenvalue weighted by atomic mass is 32.1. The van der Waals surface area contributed by atoms with Crippen molar-refractivity contribution in [2.75, 3.05) is 23.3 Å². The van der Waals surface area contributed by atoms with Gasteiger partial charge in [0.1, 0.15) is 9.88 Å². The van der Waals surface area contributed by atoms with Crippen LogP contribution in [0.4, 0.5) is 11.4 Å². The number of carbonyl (C=O) groups excluding carboxylic acids is 1. The topological polar surface area (TPSA) is 58.1 Å². The molecule has 0 unspecified atom stereocenters. The number of fused-ring (bicyclic) bond motifs is 1. The lowest BCUT2D eigenvalue weighted by molar-refractivity contribution is 0.103. The molecule has 0 atom stereocenters. The Balaban J connectivity index is 1.44. The average Bonchev–Trinajstić information content (AvgIpc) is 3.46. The molecule has 1 aromatic carbocycles. The maximum atomic E-state index is 12.9. The van der Waals surface area contributed by atoms with Crippen molar-refractivity contribution < 1.29 is 4.79 Å². The molecule has 1 amide bonds. The highest BCUT2D eigenvalue weighted by molar-refractivity contribution is 7.22. The summed E-state index contributed by atoms with van der Waals surface area (Å²) in [7, 11) is 0. The molecule has 0 spiro atoms. The Hall–Kier alpha value is -2.77. The molecule has 1 saturated heterocycles. The van der Waals surface area contributed by atoms with E-state index in [9.17, 15) is 4.79 Å². The molecule has 1 fully saturated rings. The molecule has 146 valence electrons. The number of anilines is 2. The number of benzene rings is 1. The molecule has 1 aliphatic rings. The predicted octanol–water partition coefficient (Wildman–Crippen LogP) is 5.66. The number of piperidine rings is 1. The van der Waals surface area contributed by atoms with E-state index in [1.54, 1.807) is 17.5 Å². The highest BCUT2D eigenvalue weighted by Crippen LogP contribution is 2.34. The van der Waals surface area contributed by atoms with Gasteiger partial charge in [0.25, 0.3) is 5.91 Å². The fourth-order valence-corrected chi connectivity index (χ4v) is 5.39. The molecule has 0 radical (unpaired) electrons. The Morgan fingerprint density at radius 2 is 1.93 bits per heavy atom. The maximum Gasteiger partial charge on any atom is 0.267 e. The first-order valence-corrected chi connectivity index (χ1v) is 11.4. The number of pyridine rings is 1. The van der Waals surface area contributed by atoms with Gasteiger partial charge in [-0.2, -0.15) is 0 Å². The van der Waals surface area contributed by atoms with Gasteiger partial charge in [-0.25, -0.2) is 4.98 Å². The van der Waals surface area contributed by atoms with E-state index >= 15 is 0 Å². The van der Waals surface area contributed by atoms with Gasteiger partial charge in [0.15, 0.2) is 0 Å². The van der Waals surface area contributed by atoms with Gasteiger partial charge in [-0.15, -0.1) is 22.7 Å². The number of carbonyl (C=O) groups is 1. The van der Waals surface area contributed by atoms with Gasteiger partial charge in [0, 0.05) is 41.9 Å². The Labute approximate surface area is 177 Å². The van der Waals surface area contributed by atoms with Crippen LogP contribution in [0.5, 0.6) is 0 Å². The van der Waals surface area contributed by atoms with Crippen molar-refractivity contribution in [1.29, 1.82) is 0 Å². The quantitative estimate of drug-likeness (QED) is 0.463. The Morgan fingerprint density at radius 1 is 1.03 bits per heavy atom. The van der Waals surface area contributed by atoms with Crippen LogP contribution in [-0.2, 0) is 0 Å². The molecule has 1 N–H and O–H groups in total. The summed E-state index contributed by atoms with van der Waals surface area (Å²) in [5, 5.41) is 8.04. The molecule has 29 heavy (non-hydrogen) atoms. The minimum Gasteiger partial charge on any atom is -0.371 e. The van der Waals surface area contributed by atoms with Gasteiger partial charge >= 0.3 is 0 Å². The summed E-state index contributed by atoms with van der Waals surface area (Å²) in [5.74, 6) is -0.138. The molecule has 5 nitrogen and oxygen atoms in total. The van der Waals surface area contributed by atoms with Crippen molar-refractivity contribution in [3.05, 3.63) is 59.2 Å². The van der Waals surface area contributed by atoms with Crippen LogP contribution < -0.4 is 10.2 Å². The van der Waals surface area contributed by atoms with Gasteiger partial charge < -0.3 is 10.2 Å². The van der Waals surface area contributed by atoms with Crippen LogP contribution in [0.25, 0.3) is 20.7 Å². The van der Waals surface area contributed by atoms with Crippen molar-refractivity contribution in [2.45, 2.75) is 19.3 Å². The number of hydrogen-bond acceptors (Lipinski definition) is 6. The van der Waals surface area contributed by atoms with E-state index in [0.717, 1.165) is 39.4 Å². The molecule has 0 saturated carbocycles. The summed E-state index contributed by atoms with van der Waals surface area (Å²) in [6, 6.07) is 10.2. The largest absolute Gasteiger partial charge is 0.371 e. The van der Waals surface area contributed by atoms with Crippen molar-refractivity contribution in [3.63, 3.8) is 0 Å². The Kier molecular flexibility index (Phi) is 4.99. The number of hydrogen-bond donors (Lipinski definition) is 1. The minimum absolute atomic E-state index is 0.138. The highest BCUT2D eigenvalue weighted by Gasteiger charge is 2.17. The zero-order valence-corrected chi connectivity index (χ0v) is 17.4. The van der Waals surface area contributed by atoms with E-state index in [1.165, 1.54) is 36.3 Å². The summed E-state index contributed by atoms with van der Waals surface area (Å²) in [5.41, 5.74) is 2.00. The number of thiazole rings is 1. The van der Waals surface area contributed by atoms with Gasteiger partial charge in [-0.1, -0.05) is 6.07 Å². The van der Waals surface area contributed by atoms with E-state index in [4.69, 9.17) is 0 Å². The number of nitrogens with zero attached hydrogens (tertiary/aromatic N) is 3. The standard InChI is InChI=1S/C22H20N4OS2/c27-21(20-14-24-22(29-20)19-5-4-12-28-19)25-17-6-7-18(26-10-2-1-3-11-26)15-8-9-23-13-16(15)17/h4-9,12-14H,1-3,10-11H2,(H,25,27). The van der Waals surface area contributed by atoms with E-state index in [0.29, 0.717) is 4.88 Å². The van der Waals surface area contributed by atoms with Crippen molar-refractivity contribution in [3.8, 4) is 9.88 Å². The molecular weight excluding hydrogens is 400 g/mol. The zero-order valence-electron chi connectivity index (χ0n) is 15.8. The van der Waals surface area contributed by atoms with Crippen LogP contribution in [0.1, 0.15) is 28.9 Å². The monoisotopic (exact) mass is 420 g/mol. The lowest BCUT2D eigenvalue weighted by atomic mass is 10.1. The smallest absolute Gasteiger partial charge is 0.267 e. The van der Waals surface area contributed by atoms with Crippen LogP contribution in [-0.4, -0.2) is 29.0 Å². The van der Waals surface area contributed by atoms with Crippen LogP contribution >= 0.6 is 22.7 Å². The second-order valence-corrected chi connectivity index (χ2v) is 9.04. The zero-order chi connectivity index (χ0) is 19.6. The molecule has 1 aliphatic heterocycles. The maximum absolute atomic E-state index is 12.9. The molecule has 7 heteroatoms. The lowest BCUT2D eigenvalue weighted by Gasteiger charge is -2.30. The van der Waals surface area contributed by atoms with Crippen LogP contribution in [0.3, 0.4) is 0 Å². The normalized spacial score (nSPS) is 14.3. The number of aromatic nitrogens is 2. The van der Waals surface area contributed by atoms with E-state index in [2.05, 4.69) is 26.3 Å². The van der Waals surface area contributed by atoms with Crippen molar-refractivity contribution in [2.24, 2.45) is 0 Å². The molecular formula is C22H20N4OS2. The number of amides is 1. The molecule has 3 aromatic heterocycles. The Bertz CT molecular complexity index is 1150. The molecule has 0 aliphatic carbocycles. The van der Waals surface area contributed by atoms with Gasteiger partial charge in [-0.3, -0.25) is 9.78 Å². The number of thiophene rings is 1. The molecule has 4 heterocycles. The van der Waals surface area contributed by atoms with Gasteiger partial charge in [0.05, 0.1) is 16.8 Å². The van der Waals surface area contributed by atoms with Crippen LogP contribution in [0.2, 0.25) is 0 Å². The first kappa shape index (κ1) is 18.3. The van der Waals surface area contributed by atoms with Gasteiger partial charge in [-0.05, 0) is 48.9 Å². The van der Waals surface area contributed by atoms with Crippen LogP contribution in [0, 0.1) is 0 Å². The predicted molar refractivity (Wildman–Crippen MR) is 121 cm³/mol. The molecule has 0 bridgehead atoms. The molecule has 5 rings (SSSR count). The number of rotatable bonds is 4. The van der Waals surface area contributed by atoms with Gasteiger partial charge in [0.2, 0.25) is 0 Å². The SMILES string of the molecule is O=C(Nc1ccc(N2CCCCC2)c2ccncc12)c1cnc(-c2cccs2)s1. The summed E-state index contributed by atoms with van der Waals surface area (Å²) < 4.78 is 0. The van der Waals surface area contributed by atoms with E-state index in [1.807, 2.05) is 42.0 Å². The third-order valence-corrected chi connectivity index (χ3v) is 7.24. The second kappa shape index (κ2) is 7.93. The third-order valence-electron chi connectivity index (χ3n) is 5.20. The fourth-order valence-electron chi connectivity index (χ4n) is 3.77. The first-order valence-electron chi connectivity index (χ1n) is 9.72. The minimum atomic E-state index is -0.138. The number of nitrogens with one attached hydrogen (secondary N) is 1. The fraction of sp³-hybridized carbons (Fsp3) is 0.227. The van der Waals surface area contributed by atoms with Crippen molar-refractivity contribution in [1.82, 2.24) is 9.97 Å². The second-order valence-electron chi connectivity index (χ2n) is 7.06. The summed E-state index contributed by atoms with van der Waals surface area (Å²) in [6.45, 7) is 2.16. The van der Waals surface area contributed by atoms with Crippen LogP contribution in [0.15, 0.2) is 54.3 Å². The van der Waals surface area contributed by atoms with E-state index < -0.39 is 0 Å². The Morgan fingerprint density at radius 3 is 2.76 bits per heavy atom. The van der Waals surface area contributed by atoms with Crippen molar-refractivity contribution >= 4 is 50.7 Å². The first-order chi connectivity index (χ1) is 14.3. The third kappa shape index (κ3) is 3.63. The summed E-state index contributed by atoms with van der Waals surface area (Å²) in [4.78, 5) is 25.7.